The lowest BCUT2D eigenvalue weighted by Gasteiger charge is -2.28. The zero-order valence-electron chi connectivity index (χ0n) is 17.5. The summed E-state index contributed by atoms with van der Waals surface area (Å²) < 4.78 is 19.9. The minimum absolute atomic E-state index is 0. The molecule has 0 saturated carbocycles. The summed E-state index contributed by atoms with van der Waals surface area (Å²) in [6, 6.07) is 8.37. The van der Waals surface area contributed by atoms with Crippen LogP contribution in [0.5, 0.6) is 5.75 Å². The highest BCUT2D eigenvalue weighted by molar-refractivity contribution is 6.31. The number of ether oxygens (including phenoxy) is 1. The number of hydrogen-bond donors (Lipinski definition) is 3. The van der Waals surface area contributed by atoms with Crippen LogP contribution in [0.15, 0.2) is 36.7 Å². The van der Waals surface area contributed by atoms with Gasteiger partial charge in [-0.2, -0.15) is 0 Å². The SMILES string of the molecule is COc1cc2ncnc(Nc3cccc(Cl)c3F)c2cc1CN(C)NC(=O)C1CNC1.Cl. The number of halogens is 3. The Labute approximate surface area is 195 Å². The number of methoxy groups -OCH3 is 1. The van der Waals surface area contributed by atoms with Gasteiger partial charge in [0.1, 0.15) is 17.9 Å². The van der Waals surface area contributed by atoms with Gasteiger partial charge in [0.25, 0.3) is 0 Å². The first-order chi connectivity index (χ1) is 15.0. The highest BCUT2D eigenvalue weighted by atomic mass is 35.5. The van der Waals surface area contributed by atoms with Crippen LogP contribution >= 0.6 is 24.0 Å². The summed E-state index contributed by atoms with van der Waals surface area (Å²) in [6.45, 7) is 1.77. The lowest BCUT2D eigenvalue weighted by molar-refractivity contribution is -0.131. The molecule has 0 bridgehead atoms. The molecule has 3 aromatic rings. The van der Waals surface area contributed by atoms with Gasteiger partial charge in [-0.1, -0.05) is 17.7 Å². The van der Waals surface area contributed by atoms with Crippen molar-refractivity contribution in [2.45, 2.75) is 6.54 Å². The minimum atomic E-state index is -0.558. The summed E-state index contributed by atoms with van der Waals surface area (Å²) in [5.74, 6) is 0.457. The molecule has 0 unspecified atom stereocenters. The Morgan fingerprint density at radius 2 is 2.12 bits per heavy atom. The van der Waals surface area contributed by atoms with Gasteiger partial charge < -0.3 is 15.4 Å². The lowest BCUT2D eigenvalue weighted by Crippen LogP contribution is -2.53. The fourth-order valence-electron chi connectivity index (χ4n) is 3.32. The number of benzene rings is 2. The maximum absolute atomic E-state index is 14.4. The quantitative estimate of drug-likeness (QED) is 0.447. The Kier molecular flexibility index (Phi) is 7.68. The number of rotatable bonds is 7. The number of anilines is 2. The molecule has 4 rings (SSSR count). The first-order valence-corrected chi connectivity index (χ1v) is 10.1. The third kappa shape index (κ3) is 5.02. The molecule has 0 aliphatic carbocycles. The van der Waals surface area contributed by atoms with Crippen LogP contribution in [-0.2, 0) is 11.3 Å². The molecule has 0 radical (unpaired) electrons. The highest BCUT2D eigenvalue weighted by Crippen LogP contribution is 2.31. The Morgan fingerprint density at radius 3 is 2.81 bits per heavy atom. The molecule has 8 nitrogen and oxygen atoms in total. The van der Waals surface area contributed by atoms with Crippen LogP contribution in [0.2, 0.25) is 5.02 Å². The molecular formula is C21H23Cl2FN6O2. The zero-order chi connectivity index (χ0) is 22.0. The maximum atomic E-state index is 14.4. The minimum Gasteiger partial charge on any atom is -0.496 e. The van der Waals surface area contributed by atoms with E-state index in [0.717, 1.165) is 5.56 Å². The van der Waals surface area contributed by atoms with E-state index >= 15 is 0 Å². The van der Waals surface area contributed by atoms with Crippen molar-refractivity contribution in [3.05, 3.63) is 53.1 Å². The summed E-state index contributed by atoms with van der Waals surface area (Å²) in [7, 11) is 3.36. The van der Waals surface area contributed by atoms with Gasteiger partial charge in [-0.3, -0.25) is 10.2 Å². The van der Waals surface area contributed by atoms with Crippen LogP contribution < -0.4 is 20.8 Å². The smallest absolute Gasteiger partial charge is 0.239 e. The number of nitrogens with zero attached hydrogens (tertiary/aromatic N) is 3. The third-order valence-electron chi connectivity index (χ3n) is 5.10. The monoisotopic (exact) mass is 480 g/mol. The molecule has 2 heterocycles. The Morgan fingerprint density at radius 1 is 1.34 bits per heavy atom. The molecule has 1 amide bonds. The Hall–Kier alpha value is -2.72. The topological polar surface area (TPSA) is 91.4 Å². The van der Waals surface area contributed by atoms with Crippen LogP contribution in [-0.4, -0.2) is 48.1 Å². The molecule has 1 fully saturated rings. The van der Waals surface area contributed by atoms with Crippen molar-refractivity contribution in [3.63, 3.8) is 0 Å². The summed E-state index contributed by atoms with van der Waals surface area (Å²) in [6.07, 6.45) is 1.39. The summed E-state index contributed by atoms with van der Waals surface area (Å²) in [5, 5.41) is 8.48. The van der Waals surface area contributed by atoms with Gasteiger partial charge in [0.15, 0.2) is 5.82 Å². The fourth-order valence-corrected chi connectivity index (χ4v) is 3.49. The van der Waals surface area contributed by atoms with Gasteiger partial charge in [-0.15, -0.1) is 12.4 Å². The second-order valence-electron chi connectivity index (χ2n) is 7.32. The molecule has 1 aliphatic rings. The molecule has 11 heteroatoms. The number of hydrogen-bond acceptors (Lipinski definition) is 7. The average Bonchev–Trinajstić information content (AvgIpc) is 2.69. The van der Waals surface area contributed by atoms with Gasteiger partial charge >= 0.3 is 0 Å². The van der Waals surface area contributed by atoms with Crippen molar-refractivity contribution < 1.29 is 13.9 Å². The van der Waals surface area contributed by atoms with Crippen molar-refractivity contribution in [2.75, 3.05) is 32.6 Å². The van der Waals surface area contributed by atoms with E-state index in [0.29, 0.717) is 42.1 Å². The van der Waals surface area contributed by atoms with Crippen LogP contribution in [0.25, 0.3) is 10.9 Å². The Bertz CT molecular complexity index is 1130. The number of fused-ring (bicyclic) bond motifs is 1. The molecule has 0 atom stereocenters. The second-order valence-corrected chi connectivity index (χ2v) is 7.72. The average molecular weight is 481 g/mol. The van der Waals surface area contributed by atoms with E-state index in [4.69, 9.17) is 16.3 Å². The van der Waals surface area contributed by atoms with E-state index in [1.54, 1.807) is 37.4 Å². The number of aromatic nitrogens is 2. The van der Waals surface area contributed by atoms with Crippen LogP contribution in [0.3, 0.4) is 0 Å². The number of carbonyl (C=O) groups excluding carboxylic acids is 1. The number of hydrazine groups is 1. The number of carbonyl (C=O) groups is 1. The van der Waals surface area contributed by atoms with Gasteiger partial charge in [0.05, 0.1) is 29.3 Å². The molecule has 3 N–H and O–H groups in total. The van der Waals surface area contributed by atoms with Crippen LogP contribution in [0, 0.1) is 11.7 Å². The Balaban J connectivity index is 0.00000289. The molecule has 1 aromatic heterocycles. The summed E-state index contributed by atoms with van der Waals surface area (Å²) in [5.41, 5.74) is 4.54. The fraction of sp³-hybridized carbons (Fsp3) is 0.286. The predicted molar refractivity (Wildman–Crippen MR) is 124 cm³/mol. The van der Waals surface area contributed by atoms with Crippen LogP contribution in [0.4, 0.5) is 15.9 Å². The van der Waals surface area contributed by atoms with Gasteiger partial charge in [0, 0.05) is 43.7 Å². The van der Waals surface area contributed by atoms with E-state index < -0.39 is 5.82 Å². The van der Waals surface area contributed by atoms with Crippen molar-refractivity contribution in [2.24, 2.45) is 5.92 Å². The molecule has 0 spiro atoms. The van der Waals surface area contributed by atoms with Gasteiger partial charge in [-0.25, -0.2) is 19.4 Å². The van der Waals surface area contributed by atoms with Crippen molar-refractivity contribution in [1.29, 1.82) is 0 Å². The zero-order valence-corrected chi connectivity index (χ0v) is 19.1. The summed E-state index contributed by atoms with van der Waals surface area (Å²) in [4.78, 5) is 20.8. The van der Waals surface area contributed by atoms with E-state index in [1.165, 1.54) is 12.4 Å². The summed E-state index contributed by atoms with van der Waals surface area (Å²) >= 11 is 5.89. The second kappa shape index (κ2) is 10.3. The van der Waals surface area contributed by atoms with Gasteiger partial charge in [-0.05, 0) is 18.2 Å². The van der Waals surface area contributed by atoms with E-state index in [-0.39, 0.29) is 34.9 Å². The number of amides is 1. The first kappa shape index (κ1) is 23.9. The molecule has 32 heavy (non-hydrogen) atoms. The maximum Gasteiger partial charge on any atom is 0.239 e. The largest absolute Gasteiger partial charge is 0.496 e. The van der Waals surface area contributed by atoms with Crippen molar-refractivity contribution >= 4 is 52.3 Å². The molecular weight excluding hydrogens is 458 g/mol. The molecule has 2 aromatic carbocycles. The predicted octanol–water partition coefficient (Wildman–Crippen LogP) is 3.28. The molecule has 1 saturated heterocycles. The number of nitrogens with one attached hydrogen (secondary N) is 3. The normalized spacial score (nSPS) is 13.4. The third-order valence-corrected chi connectivity index (χ3v) is 5.39. The van der Waals surface area contributed by atoms with Crippen LogP contribution in [0.1, 0.15) is 5.56 Å². The van der Waals surface area contributed by atoms with E-state index in [9.17, 15) is 9.18 Å². The first-order valence-electron chi connectivity index (χ1n) is 9.71. The van der Waals surface area contributed by atoms with Crippen molar-refractivity contribution in [1.82, 2.24) is 25.7 Å². The highest BCUT2D eigenvalue weighted by Gasteiger charge is 2.25. The van der Waals surface area contributed by atoms with E-state index in [1.807, 2.05) is 6.07 Å². The molecule has 1 aliphatic heterocycles. The van der Waals surface area contributed by atoms with Gasteiger partial charge in [0.2, 0.25) is 5.91 Å². The van der Waals surface area contributed by atoms with Crippen molar-refractivity contribution in [3.8, 4) is 5.75 Å². The lowest BCUT2D eigenvalue weighted by atomic mass is 10.0. The molecule has 170 valence electrons. The standard InChI is InChI=1S/C21H22ClFN6O2.ClH/c1-29(28-21(30)13-8-24-9-13)10-12-6-14-17(7-18(12)31-2)25-11-26-20(14)27-16-5-3-4-15(22)19(16)23;/h3-7,11,13,24H,8-10H2,1-2H3,(H,28,30)(H,25,26,27);1H. The van der Waals surface area contributed by atoms with E-state index in [2.05, 4.69) is 26.0 Å².